The lowest BCUT2D eigenvalue weighted by atomic mass is 10.2. The SMILES string of the molecule is CCCc1c(C=O)nnn1C1CC1. The molecule has 0 aromatic carbocycles. The second-order valence-electron chi connectivity index (χ2n) is 3.46. The summed E-state index contributed by atoms with van der Waals surface area (Å²) < 4.78 is 1.92. The van der Waals surface area contributed by atoms with Crippen LogP contribution in [0.15, 0.2) is 0 Å². The lowest BCUT2D eigenvalue weighted by molar-refractivity contribution is 0.111. The number of hydrogen-bond acceptors (Lipinski definition) is 3. The topological polar surface area (TPSA) is 47.8 Å². The van der Waals surface area contributed by atoms with Gasteiger partial charge in [-0.2, -0.15) is 0 Å². The Balaban J connectivity index is 2.31. The predicted molar refractivity (Wildman–Crippen MR) is 47.7 cm³/mol. The van der Waals surface area contributed by atoms with E-state index in [2.05, 4.69) is 17.2 Å². The summed E-state index contributed by atoms with van der Waals surface area (Å²) in [5.74, 6) is 0. The largest absolute Gasteiger partial charge is 0.296 e. The van der Waals surface area contributed by atoms with E-state index in [-0.39, 0.29) is 0 Å². The zero-order valence-electron chi connectivity index (χ0n) is 7.73. The molecule has 4 heteroatoms. The van der Waals surface area contributed by atoms with Crippen molar-refractivity contribution in [1.29, 1.82) is 0 Å². The van der Waals surface area contributed by atoms with Crippen LogP contribution in [0.2, 0.25) is 0 Å². The molecule has 1 heterocycles. The lowest BCUT2D eigenvalue weighted by Gasteiger charge is -2.02. The van der Waals surface area contributed by atoms with E-state index >= 15 is 0 Å². The molecule has 0 amide bonds. The van der Waals surface area contributed by atoms with E-state index in [4.69, 9.17) is 0 Å². The van der Waals surface area contributed by atoms with Crippen molar-refractivity contribution in [2.45, 2.75) is 38.6 Å². The highest BCUT2D eigenvalue weighted by Gasteiger charge is 2.28. The van der Waals surface area contributed by atoms with Crippen LogP contribution in [-0.4, -0.2) is 21.3 Å². The number of carbonyl (C=O) groups is 1. The zero-order chi connectivity index (χ0) is 9.26. The molecule has 1 aliphatic rings. The third kappa shape index (κ3) is 1.48. The van der Waals surface area contributed by atoms with E-state index in [9.17, 15) is 4.79 Å². The first-order chi connectivity index (χ1) is 6.36. The minimum atomic E-state index is 0.516. The number of rotatable bonds is 4. The van der Waals surface area contributed by atoms with Crippen molar-refractivity contribution in [2.24, 2.45) is 0 Å². The fourth-order valence-corrected chi connectivity index (χ4v) is 1.51. The van der Waals surface area contributed by atoms with Gasteiger partial charge in [0.1, 0.15) is 5.69 Å². The van der Waals surface area contributed by atoms with E-state index < -0.39 is 0 Å². The first kappa shape index (κ1) is 8.41. The molecule has 4 nitrogen and oxygen atoms in total. The van der Waals surface area contributed by atoms with Gasteiger partial charge in [-0.1, -0.05) is 18.6 Å². The first-order valence-corrected chi connectivity index (χ1v) is 4.76. The Morgan fingerprint density at radius 3 is 2.92 bits per heavy atom. The fraction of sp³-hybridized carbons (Fsp3) is 0.667. The van der Waals surface area contributed by atoms with Crippen LogP contribution in [-0.2, 0) is 6.42 Å². The maximum Gasteiger partial charge on any atom is 0.172 e. The minimum absolute atomic E-state index is 0.516. The minimum Gasteiger partial charge on any atom is -0.296 e. The van der Waals surface area contributed by atoms with Crippen LogP contribution in [0.25, 0.3) is 0 Å². The molecule has 1 aliphatic carbocycles. The molecule has 0 bridgehead atoms. The molecule has 13 heavy (non-hydrogen) atoms. The van der Waals surface area contributed by atoms with Crippen LogP contribution in [0.4, 0.5) is 0 Å². The summed E-state index contributed by atoms with van der Waals surface area (Å²) in [4.78, 5) is 10.6. The van der Waals surface area contributed by atoms with Gasteiger partial charge in [0, 0.05) is 0 Å². The highest BCUT2D eigenvalue weighted by Crippen LogP contribution is 2.35. The van der Waals surface area contributed by atoms with Crippen molar-refractivity contribution in [3.8, 4) is 0 Å². The molecular formula is C9H13N3O. The molecule has 2 rings (SSSR count). The standard InChI is InChI=1S/C9H13N3O/c1-2-3-9-8(6-13)10-11-12(9)7-4-5-7/h6-7H,2-5H2,1H3. The molecule has 1 aromatic heterocycles. The molecule has 0 N–H and O–H groups in total. The van der Waals surface area contributed by atoms with Crippen LogP contribution >= 0.6 is 0 Å². The van der Waals surface area contributed by atoms with Gasteiger partial charge < -0.3 is 0 Å². The van der Waals surface area contributed by atoms with E-state index in [1.54, 1.807) is 0 Å². The Morgan fingerprint density at radius 2 is 2.38 bits per heavy atom. The summed E-state index contributed by atoms with van der Waals surface area (Å²) in [6.45, 7) is 2.10. The van der Waals surface area contributed by atoms with Crippen LogP contribution in [0.5, 0.6) is 0 Å². The fourth-order valence-electron chi connectivity index (χ4n) is 1.51. The Kier molecular flexibility index (Phi) is 2.12. The molecule has 1 fully saturated rings. The average Bonchev–Trinajstić information content (AvgIpc) is 2.90. The van der Waals surface area contributed by atoms with Gasteiger partial charge in [0.15, 0.2) is 6.29 Å². The van der Waals surface area contributed by atoms with Gasteiger partial charge in [-0.15, -0.1) is 5.10 Å². The van der Waals surface area contributed by atoms with E-state index in [0.29, 0.717) is 11.7 Å². The molecule has 70 valence electrons. The average molecular weight is 179 g/mol. The maximum absolute atomic E-state index is 10.6. The van der Waals surface area contributed by atoms with E-state index in [1.165, 1.54) is 12.8 Å². The molecular weight excluding hydrogens is 166 g/mol. The number of aldehydes is 1. The Labute approximate surface area is 76.9 Å². The molecule has 0 spiro atoms. The van der Waals surface area contributed by atoms with Crippen molar-refractivity contribution in [2.75, 3.05) is 0 Å². The Hall–Kier alpha value is -1.19. The second-order valence-corrected chi connectivity index (χ2v) is 3.46. The smallest absolute Gasteiger partial charge is 0.172 e. The summed E-state index contributed by atoms with van der Waals surface area (Å²) in [5, 5.41) is 7.86. The molecule has 0 radical (unpaired) electrons. The molecule has 1 saturated carbocycles. The van der Waals surface area contributed by atoms with Crippen molar-refractivity contribution >= 4 is 6.29 Å². The van der Waals surface area contributed by atoms with Gasteiger partial charge in [0.2, 0.25) is 0 Å². The summed E-state index contributed by atoms with van der Waals surface area (Å²) in [7, 11) is 0. The molecule has 0 atom stereocenters. The van der Waals surface area contributed by atoms with Gasteiger partial charge >= 0.3 is 0 Å². The quantitative estimate of drug-likeness (QED) is 0.656. The van der Waals surface area contributed by atoms with Gasteiger partial charge in [-0.3, -0.25) is 4.79 Å². The summed E-state index contributed by atoms with van der Waals surface area (Å²) >= 11 is 0. The van der Waals surface area contributed by atoms with Crippen molar-refractivity contribution in [1.82, 2.24) is 15.0 Å². The van der Waals surface area contributed by atoms with Gasteiger partial charge in [-0.25, -0.2) is 4.68 Å². The summed E-state index contributed by atoms with van der Waals surface area (Å²) in [5.41, 5.74) is 1.54. The first-order valence-electron chi connectivity index (χ1n) is 4.76. The van der Waals surface area contributed by atoms with Crippen molar-refractivity contribution in [3.05, 3.63) is 11.4 Å². The predicted octanol–water partition coefficient (Wildman–Crippen LogP) is 1.38. The molecule has 1 aromatic rings. The molecule has 0 aliphatic heterocycles. The third-order valence-electron chi connectivity index (χ3n) is 2.31. The van der Waals surface area contributed by atoms with Gasteiger partial charge in [0.25, 0.3) is 0 Å². The zero-order valence-corrected chi connectivity index (χ0v) is 7.73. The number of carbonyl (C=O) groups excluding carboxylic acids is 1. The highest BCUT2D eigenvalue weighted by molar-refractivity contribution is 5.73. The number of aromatic nitrogens is 3. The second kappa shape index (κ2) is 3.28. The molecule has 0 unspecified atom stereocenters. The lowest BCUT2D eigenvalue weighted by Crippen LogP contribution is -2.03. The Morgan fingerprint density at radius 1 is 1.62 bits per heavy atom. The van der Waals surface area contributed by atoms with Crippen LogP contribution in [0, 0.1) is 0 Å². The number of hydrogen-bond donors (Lipinski definition) is 0. The van der Waals surface area contributed by atoms with Gasteiger partial charge in [0.05, 0.1) is 11.7 Å². The Bertz CT molecular complexity index is 315. The maximum atomic E-state index is 10.6. The van der Waals surface area contributed by atoms with Crippen LogP contribution in [0.3, 0.4) is 0 Å². The van der Waals surface area contributed by atoms with Crippen molar-refractivity contribution < 1.29 is 4.79 Å². The molecule has 0 saturated heterocycles. The number of nitrogens with zero attached hydrogens (tertiary/aromatic N) is 3. The normalized spacial score (nSPS) is 16.1. The van der Waals surface area contributed by atoms with E-state index in [0.717, 1.165) is 24.8 Å². The van der Waals surface area contributed by atoms with E-state index in [1.807, 2.05) is 4.68 Å². The third-order valence-corrected chi connectivity index (χ3v) is 2.31. The monoisotopic (exact) mass is 179 g/mol. The summed E-state index contributed by atoms with van der Waals surface area (Å²) in [6, 6.07) is 0.516. The van der Waals surface area contributed by atoms with Crippen LogP contribution < -0.4 is 0 Å². The van der Waals surface area contributed by atoms with Gasteiger partial charge in [-0.05, 0) is 19.3 Å². The van der Waals surface area contributed by atoms with Crippen molar-refractivity contribution in [3.63, 3.8) is 0 Å². The summed E-state index contributed by atoms with van der Waals surface area (Å²) in [6.07, 6.45) is 5.09. The van der Waals surface area contributed by atoms with Crippen LogP contribution in [0.1, 0.15) is 48.4 Å². The highest BCUT2D eigenvalue weighted by atomic mass is 16.1.